The van der Waals surface area contributed by atoms with Crippen molar-refractivity contribution >= 4 is 11.8 Å². The van der Waals surface area contributed by atoms with Crippen LogP contribution in [0.25, 0.3) is 17.5 Å². The predicted molar refractivity (Wildman–Crippen MR) is 124 cm³/mol. The topological polar surface area (TPSA) is 53.2 Å². The van der Waals surface area contributed by atoms with Gasteiger partial charge in [0.15, 0.2) is 0 Å². The van der Waals surface area contributed by atoms with Crippen LogP contribution >= 0.6 is 0 Å². The monoisotopic (exact) mass is 393 g/mol. The Hall–Kier alpha value is -2.49. The zero-order valence-electron chi connectivity index (χ0n) is 18.0. The van der Waals surface area contributed by atoms with Gasteiger partial charge in [-0.1, -0.05) is 51.9 Å². The number of rotatable bonds is 13. The second-order valence-corrected chi connectivity index (χ2v) is 7.71. The number of aromatic amines is 2. The smallest absolute Gasteiger partial charge is 0.144 e. The molecule has 29 heavy (non-hydrogen) atoms. The molecule has 0 amide bonds. The second kappa shape index (κ2) is 11.5. The largest absolute Gasteiger partial charge is 0.492 e. The van der Waals surface area contributed by atoms with Gasteiger partial charge in [0.2, 0.25) is 0 Å². The number of hydrogen-bond donors (Lipinski definition) is 2. The molecule has 4 nitrogen and oxygen atoms in total. The van der Waals surface area contributed by atoms with E-state index in [2.05, 4.69) is 35.1 Å². The molecule has 0 bridgehead atoms. The third-order valence-electron chi connectivity index (χ3n) is 5.30. The standard InChI is InChI=1S/C25H35N3O/c1-3-5-6-7-8-9-10-11-13-20-15-16-21(27-20)18-24-25(29-4-2)19-23(28-24)22-14-12-17-26-22/h12,14-19,26,28H,3-11,13H2,1-2H3/b21-18+. The highest BCUT2D eigenvalue weighted by Gasteiger charge is 2.12. The number of hydrogen-bond acceptors (Lipinski definition) is 2. The van der Waals surface area contributed by atoms with Crippen molar-refractivity contribution < 1.29 is 4.74 Å². The van der Waals surface area contributed by atoms with Crippen molar-refractivity contribution in [3.05, 3.63) is 47.9 Å². The fraction of sp³-hybridized carbons (Fsp3) is 0.480. The minimum atomic E-state index is 0.640. The zero-order valence-corrected chi connectivity index (χ0v) is 18.0. The molecule has 1 aliphatic rings. The first-order valence-electron chi connectivity index (χ1n) is 11.3. The number of unbranched alkanes of at least 4 members (excludes halogenated alkanes) is 7. The Morgan fingerprint density at radius 1 is 0.966 bits per heavy atom. The molecule has 0 aliphatic carbocycles. The molecule has 0 aromatic carbocycles. The van der Waals surface area contributed by atoms with E-state index in [1.54, 1.807) is 0 Å². The SMILES string of the molecule is CCCCCCCCCCC1=N/C(=C/c2[nH]c(-c3ccc[nH]3)cc2OCC)C=C1. The van der Waals surface area contributed by atoms with Gasteiger partial charge in [-0.2, -0.15) is 0 Å². The lowest BCUT2D eigenvalue weighted by Crippen LogP contribution is -1.92. The van der Waals surface area contributed by atoms with Gasteiger partial charge >= 0.3 is 0 Å². The van der Waals surface area contributed by atoms with E-state index in [-0.39, 0.29) is 0 Å². The minimum Gasteiger partial charge on any atom is -0.492 e. The fourth-order valence-electron chi connectivity index (χ4n) is 3.71. The average Bonchev–Trinajstić information content (AvgIpc) is 3.46. The molecule has 2 aromatic rings. The molecule has 0 unspecified atom stereocenters. The van der Waals surface area contributed by atoms with Crippen LogP contribution in [0, 0.1) is 0 Å². The first-order valence-corrected chi connectivity index (χ1v) is 11.3. The summed E-state index contributed by atoms with van der Waals surface area (Å²) in [7, 11) is 0. The maximum atomic E-state index is 5.82. The van der Waals surface area contributed by atoms with Crippen LogP contribution in [0.3, 0.4) is 0 Å². The van der Waals surface area contributed by atoms with E-state index >= 15 is 0 Å². The molecule has 4 heteroatoms. The van der Waals surface area contributed by atoms with Crippen molar-refractivity contribution in [2.75, 3.05) is 6.61 Å². The van der Waals surface area contributed by atoms with E-state index in [0.717, 1.165) is 34.9 Å². The molecule has 0 spiro atoms. The van der Waals surface area contributed by atoms with Gasteiger partial charge in [0.25, 0.3) is 0 Å². The lowest BCUT2D eigenvalue weighted by molar-refractivity contribution is 0.340. The quantitative estimate of drug-likeness (QED) is 0.345. The summed E-state index contributed by atoms with van der Waals surface area (Å²) in [5.41, 5.74) is 5.22. The van der Waals surface area contributed by atoms with Crippen molar-refractivity contribution in [1.29, 1.82) is 0 Å². The van der Waals surface area contributed by atoms with Gasteiger partial charge < -0.3 is 14.7 Å². The fourth-order valence-corrected chi connectivity index (χ4v) is 3.71. The van der Waals surface area contributed by atoms with E-state index in [0.29, 0.717) is 6.61 Å². The van der Waals surface area contributed by atoms with Crippen LogP contribution < -0.4 is 4.74 Å². The van der Waals surface area contributed by atoms with Crippen LogP contribution in [-0.2, 0) is 0 Å². The molecule has 1 aliphatic heterocycles. The van der Waals surface area contributed by atoms with Gasteiger partial charge in [0.1, 0.15) is 5.75 Å². The van der Waals surface area contributed by atoms with Crippen molar-refractivity contribution in [1.82, 2.24) is 9.97 Å². The number of aromatic nitrogens is 2. The third-order valence-corrected chi connectivity index (χ3v) is 5.30. The van der Waals surface area contributed by atoms with Crippen molar-refractivity contribution in [2.45, 2.75) is 71.6 Å². The highest BCUT2D eigenvalue weighted by molar-refractivity contribution is 5.99. The maximum Gasteiger partial charge on any atom is 0.144 e. The Kier molecular flexibility index (Phi) is 8.41. The molecule has 2 N–H and O–H groups in total. The molecule has 0 saturated carbocycles. The van der Waals surface area contributed by atoms with Crippen molar-refractivity contribution in [3.8, 4) is 17.1 Å². The Morgan fingerprint density at radius 3 is 2.48 bits per heavy atom. The van der Waals surface area contributed by atoms with Gasteiger partial charge in [-0.15, -0.1) is 0 Å². The predicted octanol–water partition coefficient (Wildman–Crippen LogP) is 7.29. The summed E-state index contributed by atoms with van der Waals surface area (Å²) in [4.78, 5) is 11.5. The average molecular weight is 394 g/mol. The van der Waals surface area contributed by atoms with Crippen LogP contribution in [0.2, 0.25) is 0 Å². The number of allylic oxidation sites excluding steroid dienone is 2. The van der Waals surface area contributed by atoms with Crippen molar-refractivity contribution in [2.24, 2.45) is 4.99 Å². The summed E-state index contributed by atoms with van der Waals surface area (Å²) in [5.74, 6) is 0.865. The number of nitrogens with one attached hydrogen (secondary N) is 2. The van der Waals surface area contributed by atoms with Crippen LogP contribution in [0.15, 0.2) is 47.2 Å². The van der Waals surface area contributed by atoms with Gasteiger partial charge in [-0.05, 0) is 50.1 Å². The number of nitrogens with zero attached hydrogens (tertiary/aromatic N) is 1. The summed E-state index contributed by atoms with van der Waals surface area (Å²) < 4.78 is 5.82. The summed E-state index contributed by atoms with van der Waals surface area (Å²) in [6.07, 6.45) is 20.1. The molecule has 0 atom stereocenters. The third kappa shape index (κ3) is 6.52. The van der Waals surface area contributed by atoms with E-state index < -0.39 is 0 Å². The van der Waals surface area contributed by atoms with Crippen LogP contribution in [0.5, 0.6) is 5.75 Å². The van der Waals surface area contributed by atoms with Gasteiger partial charge in [0.05, 0.1) is 29.4 Å². The van der Waals surface area contributed by atoms with Crippen molar-refractivity contribution in [3.63, 3.8) is 0 Å². The first kappa shape index (κ1) is 21.2. The lowest BCUT2D eigenvalue weighted by atomic mass is 10.1. The van der Waals surface area contributed by atoms with Gasteiger partial charge in [-0.25, -0.2) is 0 Å². The Balaban J connectivity index is 1.52. The summed E-state index contributed by atoms with van der Waals surface area (Å²) in [6.45, 7) is 4.92. The molecular weight excluding hydrogens is 358 g/mol. The molecule has 0 fully saturated rings. The lowest BCUT2D eigenvalue weighted by Gasteiger charge is -2.02. The van der Waals surface area contributed by atoms with Crippen LogP contribution in [0.1, 0.15) is 77.3 Å². The Bertz CT molecular complexity index is 824. The van der Waals surface area contributed by atoms with Gasteiger partial charge in [-0.3, -0.25) is 4.99 Å². The number of aliphatic imine (C=N–C) groups is 1. The summed E-state index contributed by atoms with van der Waals surface area (Å²) >= 11 is 0. The van der Waals surface area contributed by atoms with E-state index in [1.807, 2.05) is 31.3 Å². The first-order chi connectivity index (χ1) is 14.3. The molecular formula is C25H35N3O. The van der Waals surface area contributed by atoms with E-state index in [9.17, 15) is 0 Å². The molecule has 3 rings (SSSR count). The number of H-pyrrole nitrogens is 2. The van der Waals surface area contributed by atoms with Gasteiger partial charge in [0, 0.05) is 18.0 Å². The van der Waals surface area contributed by atoms with E-state index in [4.69, 9.17) is 9.73 Å². The molecule has 0 saturated heterocycles. The highest BCUT2D eigenvalue weighted by atomic mass is 16.5. The minimum absolute atomic E-state index is 0.640. The molecule has 3 heterocycles. The zero-order chi connectivity index (χ0) is 20.3. The van der Waals surface area contributed by atoms with E-state index in [1.165, 1.54) is 57.1 Å². The second-order valence-electron chi connectivity index (χ2n) is 7.71. The highest BCUT2D eigenvalue weighted by Crippen LogP contribution is 2.29. The normalized spacial score (nSPS) is 14.7. The summed E-state index contributed by atoms with van der Waals surface area (Å²) in [5, 5.41) is 0. The summed E-state index contributed by atoms with van der Waals surface area (Å²) in [6, 6.07) is 6.09. The van der Waals surface area contributed by atoms with Crippen LogP contribution in [0.4, 0.5) is 0 Å². The molecule has 0 radical (unpaired) electrons. The maximum absolute atomic E-state index is 5.82. The number of ether oxygens (including phenoxy) is 1. The molecule has 2 aromatic heterocycles. The Labute approximate surface area is 175 Å². The Morgan fingerprint density at radius 2 is 1.76 bits per heavy atom. The molecule has 156 valence electrons. The van der Waals surface area contributed by atoms with Crippen LogP contribution in [-0.4, -0.2) is 22.3 Å².